The van der Waals surface area contributed by atoms with Crippen LogP contribution in [0.25, 0.3) is 0 Å². The minimum atomic E-state index is -3.48. The van der Waals surface area contributed by atoms with Gasteiger partial charge in [-0.2, -0.15) is 4.31 Å². The van der Waals surface area contributed by atoms with E-state index in [1.165, 1.54) is 4.31 Å². The highest BCUT2D eigenvalue weighted by Gasteiger charge is 2.30. The van der Waals surface area contributed by atoms with Crippen molar-refractivity contribution in [3.8, 4) is 0 Å². The Balaban J connectivity index is 1.25. The van der Waals surface area contributed by atoms with E-state index in [4.69, 9.17) is 0 Å². The van der Waals surface area contributed by atoms with Crippen molar-refractivity contribution in [3.63, 3.8) is 0 Å². The molecule has 1 aromatic heterocycles. The second kappa shape index (κ2) is 9.66. The first-order chi connectivity index (χ1) is 15.4. The van der Waals surface area contributed by atoms with Crippen molar-refractivity contribution >= 4 is 33.3 Å². The molecule has 2 aromatic rings. The number of piperazine rings is 1. The molecule has 0 radical (unpaired) electrons. The van der Waals surface area contributed by atoms with Gasteiger partial charge in [-0.05, 0) is 43.2 Å². The fourth-order valence-corrected chi connectivity index (χ4v) is 4.93. The Bertz CT molecular complexity index is 1060. The molecule has 10 heteroatoms. The molecule has 0 atom stereocenters. The third-order valence-corrected chi connectivity index (χ3v) is 7.46. The number of pyridine rings is 1. The van der Waals surface area contributed by atoms with E-state index in [9.17, 15) is 18.0 Å². The minimum absolute atomic E-state index is 0.0142. The molecule has 2 amide bonds. The number of hydrogen-bond acceptors (Lipinski definition) is 6. The Morgan fingerprint density at radius 2 is 1.81 bits per heavy atom. The Morgan fingerprint density at radius 3 is 2.50 bits per heavy atom. The molecule has 1 aliphatic carbocycles. The maximum atomic E-state index is 12.7. The number of nitrogens with zero attached hydrogens (tertiary/aromatic N) is 3. The van der Waals surface area contributed by atoms with E-state index < -0.39 is 10.0 Å². The third kappa shape index (κ3) is 5.63. The van der Waals surface area contributed by atoms with Crippen LogP contribution in [-0.4, -0.2) is 68.0 Å². The van der Waals surface area contributed by atoms with Gasteiger partial charge in [0.1, 0.15) is 5.82 Å². The van der Waals surface area contributed by atoms with Crippen LogP contribution in [0.3, 0.4) is 0 Å². The Hall–Kier alpha value is -2.98. The molecule has 170 valence electrons. The summed E-state index contributed by atoms with van der Waals surface area (Å²) in [5.74, 6) is 0.343. The zero-order valence-electron chi connectivity index (χ0n) is 17.7. The summed E-state index contributed by atoms with van der Waals surface area (Å²) in [6, 6.07) is 12.3. The average molecular weight is 458 g/mol. The van der Waals surface area contributed by atoms with Gasteiger partial charge in [0.05, 0.1) is 5.75 Å². The van der Waals surface area contributed by atoms with E-state index in [0.717, 1.165) is 18.7 Å². The van der Waals surface area contributed by atoms with E-state index in [1.54, 1.807) is 30.5 Å². The summed E-state index contributed by atoms with van der Waals surface area (Å²) >= 11 is 0. The zero-order valence-corrected chi connectivity index (χ0v) is 18.6. The van der Waals surface area contributed by atoms with Gasteiger partial charge in [0.2, 0.25) is 15.9 Å². The summed E-state index contributed by atoms with van der Waals surface area (Å²) in [4.78, 5) is 30.7. The molecular formula is C22H27N5O4S. The lowest BCUT2D eigenvalue weighted by Gasteiger charge is -2.34. The van der Waals surface area contributed by atoms with Gasteiger partial charge in [0.25, 0.3) is 5.91 Å². The normalized spacial score (nSPS) is 17.1. The first kappa shape index (κ1) is 22.2. The van der Waals surface area contributed by atoms with Crippen molar-refractivity contribution in [2.75, 3.05) is 48.7 Å². The zero-order chi connectivity index (χ0) is 22.6. The molecule has 9 nitrogen and oxygen atoms in total. The van der Waals surface area contributed by atoms with Gasteiger partial charge < -0.3 is 15.5 Å². The third-order valence-electron chi connectivity index (χ3n) is 5.59. The summed E-state index contributed by atoms with van der Waals surface area (Å²) < 4.78 is 26.8. The van der Waals surface area contributed by atoms with Crippen LogP contribution in [0.2, 0.25) is 0 Å². The monoisotopic (exact) mass is 457 g/mol. The smallest absolute Gasteiger partial charge is 0.251 e. The molecule has 1 aromatic carbocycles. The molecule has 1 saturated carbocycles. The second-order valence-electron chi connectivity index (χ2n) is 7.99. The molecule has 1 saturated heterocycles. The van der Waals surface area contributed by atoms with Gasteiger partial charge in [-0.1, -0.05) is 12.1 Å². The van der Waals surface area contributed by atoms with E-state index in [2.05, 4.69) is 20.5 Å². The lowest BCUT2D eigenvalue weighted by Crippen LogP contribution is -2.50. The van der Waals surface area contributed by atoms with Gasteiger partial charge in [-0.15, -0.1) is 0 Å². The fraction of sp³-hybridized carbons (Fsp3) is 0.409. The maximum absolute atomic E-state index is 12.7. The topological polar surface area (TPSA) is 112 Å². The summed E-state index contributed by atoms with van der Waals surface area (Å²) in [5.41, 5.74) is 0.938. The van der Waals surface area contributed by atoms with Crippen molar-refractivity contribution in [2.24, 2.45) is 5.92 Å². The van der Waals surface area contributed by atoms with Crippen molar-refractivity contribution in [1.29, 1.82) is 0 Å². The number of amides is 2. The van der Waals surface area contributed by atoms with Crippen LogP contribution in [-0.2, 0) is 14.8 Å². The number of sulfonamides is 1. The lowest BCUT2D eigenvalue weighted by atomic mass is 10.2. The molecule has 2 N–H and O–H groups in total. The quantitative estimate of drug-likeness (QED) is 0.618. The molecule has 0 bridgehead atoms. The molecule has 1 aliphatic heterocycles. The lowest BCUT2D eigenvalue weighted by molar-refractivity contribution is -0.117. The second-order valence-corrected chi connectivity index (χ2v) is 10.1. The number of nitrogens with one attached hydrogen (secondary N) is 2. The first-order valence-electron chi connectivity index (χ1n) is 10.8. The highest BCUT2D eigenvalue weighted by atomic mass is 32.2. The summed E-state index contributed by atoms with van der Waals surface area (Å²) in [5, 5.41) is 5.47. The molecule has 2 fully saturated rings. The SMILES string of the molecule is O=C(NCCS(=O)(=O)N1CCN(c2ccccn2)CC1)c1cccc(NC(=O)C2CC2)c1. The van der Waals surface area contributed by atoms with Crippen LogP contribution in [0.15, 0.2) is 48.7 Å². The molecule has 2 aliphatic rings. The van der Waals surface area contributed by atoms with Crippen molar-refractivity contribution in [2.45, 2.75) is 12.8 Å². The Kier molecular flexibility index (Phi) is 6.71. The average Bonchev–Trinajstić information content (AvgIpc) is 3.65. The van der Waals surface area contributed by atoms with Gasteiger partial charge in [-0.25, -0.2) is 13.4 Å². The predicted molar refractivity (Wildman–Crippen MR) is 122 cm³/mol. The van der Waals surface area contributed by atoms with E-state index in [0.29, 0.717) is 37.4 Å². The van der Waals surface area contributed by atoms with Gasteiger partial charge in [-0.3, -0.25) is 9.59 Å². The Morgan fingerprint density at radius 1 is 1.03 bits per heavy atom. The highest BCUT2D eigenvalue weighted by Crippen LogP contribution is 2.30. The number of carbonyl (C=O) groups is 2. The van der Waals surface area contributed by atoms with Crippen molar-refractivity contribution in [3.05, 3.63) is 54.2 Å². The minimum Gasteiger partial charge on any atom is -0.354 e. The number of rotatable bonds is 8. The summed E-state index contributed by atoms with van der Waals surface area (Å²) in [6.45, 7) is 1.93. The van der Waals surface area contributed by atoms with Crippen LogP contribution in [0.4, 0.5) is 11.5 Å². The number of hydrogen-bond donors (Lipinski definition) is 2. The Labute approximate surface area is 187 Å². The van der Waals surface area contributed by atoms with Gasteiger partial charge >= 0.3 is 0 Å². The van der Waals surface area contributed by atoms with E-state index in [-0.39, 0.29) is 30.0 Å². The fourth-order valence-electron chi connectivity index (χ4n) is 3.59. The molecule has 2 heterocycles. The molecule has 32 heavy (non-hydrogen) atoms. The number of anilines is 2. The number of carbonyl (C=O) groups excluding carboxylic acids is 2. The molecular weight excluding hydrogens is 430 g/mol. The van der Waals surface area contributed by atoms with Crippen LogP contribution in [0, 0.1) is 5.92 Å². The van der Waals surface area contributed by atoms with Gasteiger partial charge in [0, 0.05) is 56.1 Å². The van der Waals surface area contributed by atoms with Crippen LogP contribution in [0.1, 0.15) is 23.2 Å². The van der Waals surface area contributed by atoms with Gasteiger partial charge in [0.15, 0.2) is 0 Å². The predicted octanol–water partition coefficient (Wildman–Crippen LogP) is 1.31. The van der Waals surface area contributed by atoms with Crippen LogP contribution < -0.4 is 15.5 Å². The van der Waals surface area contributed by atoms with E-state index >= 15 is 0 Å². The largest absolute Gasteiger partial charge is 0.354 e. The molecule has 4 rings (SSSR count). The van der Waals surface area contributed by atoms with Crippen LogP contribution in [0.5, 0.6) is 0 Å². The summed E-state index contributed by atoms with van der Waals surface area (Å²) in [6.07, 6.45) is 3.52. The van der Waals surface area contributed by atoms with Crippen molar-refractivity contribution < 1.29 is 18.0 Å². The standard InChI is InChI=1S/C22H27N5O4S/c28-21(18-4-3-5-19(16-18)25-22(29)17-7-8-17)24-10-15-32(30,31)27-13-11-26(12-14-27)20-6-1-2-9-23-20/h1-6,9,16-17H,7-8,10-15H2,(H,24,28)(H,25,29). The number of benzene rings is 1. The van der Waals surface area contributed by atoms with Crippen molar-refractivity contribution in [1.82, 2.24) is 14.6 Å². The maximum Gasteiger partial charge on any atom is 0.251 e. The van der Waals surface area contributed by atoms with Crippen LogP contribution >= 0.6 is 0 Å². The molecule has 0 spiro atoms. The van der Waals surface area contributed by atoms with E-state index in [1.807, 2.05) is 18.2 Å². The number of aromatic nitrogens is 1. The first-order valence-corrected chi connectivity index (χ1v) is 12.4. The molecule has 0 unspecified atom stereocenters. The highest BCUT2D eigenvalue weighted by molar-refractivity contribution is 7.89. The summed E-state index contributed by atoms with van der Waals surface area (Å²) in [7, 11) is -3.48.